The number of nitrogens with one attached hydrogen (secondary N) is 6. The van der Waals surface area contributed by atoms with Crippen molar-refractivity contribution in [3.05, 3.63) is 29.8 Å². The zero-order valence-corrected chi connectivity index (χ0v) is 40.2. The molecule has 15 unspecified atom stereocenters. The molecule has 0 aromatic heterocycles. The van der Waals surface area contributed by atoms with Crippen LogP contribution < -0.4 is 36.6 Å². The average molecular weight is 1050 g/mol. The van der Waals surface area contributed by atoms with Gasteiger partial charge in [0.1, 0.15) is 78.9 Å². The standard InChI is InChI=1S/C44H68N6O21S/c1-20(54)48-31-34(59)38(70-43-37(62)39(33(58)25(16-52)68-43)71-42-36(61)35(60)32(57)24(15-51)67-42)26(17-53)69-41(31)65-13-5-10-47-40(63)21-6-4-7-22(14-21)66-18-29(56)46-12-11-45-28(55)9-3-2-8-27-30-23(19-72-27)49-44(64)50-30/h4,6-7,14,23-27,30-39,41-43,51-53,57-62H,2-3,5,8-13,15-19H2,1H3,(H,45,55)(H,46,56)(H,47,63)(H,48,54)(H2,49,50,64)/t23-,24?,25?,26?,27-,30-,31?,32?,33?,34?,35?,36?,37?,38?,39?,41?,42?,43?/m0/s1. The summed E-state index contributed by atoms with van der Waals surface area (Å²) in [4.78, 5) is 61.5. The summed E-state index contributed by atoms with van der Waals surface area (Å²) >= 11 is 1.83. The van der Waals surface area contributed by atoms with E-state index in [0.717, 1.165) is 25.5 Å². The molecule has 18 atom stereocenters. The summed E-state index contributed by atoms with van der Waals surface area (Å²) in [5, 5.41) is 111. The summed E-state index contributed by atoms with van der Waals surface area (Å²) < 4.78 is 39.7. The molecule has 5 aliphatic rings. The second-order valence-electron chi connectivity index (χ2n) is 17.9. The smallest absolute Gasteiger partial charge is 0.315 e. The molecule has 5 aliphatic heterocycles. The first-order valence-electron chi connectivity index (χ1n) is 23.8. The maximum atomic E-state index is 13.0. The Kier molecular flexibility index (Phi) is 21.8. The van der Waals surface area contributed by atoms with Gasteiger partial charge in [-0.25, -0.2) is 4.79 Å². The van der Waals surface area contributed by atoms with Crippen LogP contribution in [0.2, 0.25) is 0 Å². The minimum Gasteiger partial charge on any atom is -0.484 e. The second-order valence-corrected chi connectivity index (χ2v) is 19.2. The Morgan fingerprint density at radius 1 is 0.722 bits per heavy atom. The van der Waals surface area contributed by atoms with E-state index in [1.165, 1.54) is 12.1 Å². The SMILES string of the molecule is CC(=O)NC1C(OCCCNC(=O)c2cccc(OCC(=O)NCCNC(=O)CCCC[C@@H]3SC[C@@H]4NC(=O)N[C@@H]43)c2)OC(CO)C(OC2OC(CO)C(O)C(OC3OC(CO)C(O)C(O)C3O)C2O)C1O. The normalized spacial score (nSPS) is 35.3. The molecule has 1 aromatic rings. The molecule has 5 fully saturated rings. The number of amides is 6. The highest BCUT2D eigenvalue weighted by atomic mass is 32.2. The van der Waals surface area contributed by atoms with Crippen molar-refractivity contribution in [2.45, 2.75) is 148 Å². The number of ether oxygens (including phenoxy) is 7. The van der Waals surface area contributed by atoms with Gasteiger partial charge in [-0.2, -0.15) is 11.8 Å². The van der Waals surface area contributed by atoms with Gasteiger partial charge in [0.25, 0.3) is 11.8 Å². The first-order chi connectivity index (χ1) is 34.5. The highest BCUT2D eigenvalue weighted by Crippen LogP contribution is 2.35. The van der Waals surface area contributed by atoms with Crippen LogP contribution in [0.15, 0.2) is 24.3 Å². The Morgan fingerprint density at radius 3 is 2.10 bits per heavy atom. The van der Waals surface area contributed by atoms with Gasteiger partial charge in [0.15, 0.2) is 25.5 Å². The van der Waals surface area contributed by atoms with Crippen LogP contribution in [0, 0.1) is 0 Å². The molecule has 1 aromatic carbocycles. The Hall–Kier alpha value is -4.08. The number of thioether (sulfide) groups is 1. The number of carbonyl (C=O) groups excluding carboxylic acids is 5. The highest BCUT2D eigenvalue weighted by Gasteiger charge is 2.54. The van der Waals surface area contributed by atoms with Crippen LogP contribution in [-0.2, 0) is 42.8 Å². The molecule has 0 bridgehead atoms. The van der Waals surface area contributed by atoms with Crippen LogP contribution in [0.5, 0.6) is 5.75 Å². The average Bonchev–Trinajstić information content (AvgIpc) is 3.93. The van der Waals surface area contributed by atoms with Crippen molar-refractivity contribution in [3.63, 3.8) is 0 Å². The van der Waals surface area contributed by atoms with Gasteiger partial charge in [0.05, 0.1) is 38.5 Å². The molecule has 6 rings (SSSR count). The number of fused-ring (bicyclic) bond motifs is 1. The second kappa shape index (κ2) is 27.5. The Bertz CT molecular complexity index is 1950. The lowest BCUT2D eigenvalue weighted by Gasteiger charge is -2.48. The number of unbranched alkanes of at least 4 members (excludes halogenated alkanes) is 1. The predicted molar refractivity (Wildman–Crippen MR) is 245 cm³/mol. The number of hydrogen-bond donors (Lipinski definition) is 15. The third-order valence-electron chi connectivity index (χ3n) is 12.7. The third-order valence-corrected chi connectivity index (χ3v) is 14.2. The molecule has 0 aliphatic carbocycles. The molecule has 5 saturated heterocycles. The largest absolute Gasteiger partial charge is 0.484 e. The van der Waals surface area contributed by atoms with E-state index in [-0.39, 0.29) is 74.6 Å². The summed E-state index contributed by atoms with van der Waals surface area (Å²) in [5.41, 5.74) is 0.227. The predicted octanol–water partition coefficient (Wildman–Crippen LogP) is -6.25. The van der Waals surface area contributed by atoms with Crippen molar-refractivity contribution in [1.29, 1.82) is 0 Å². The molecular weight excluding hydrogens is 981 g/mol. The highest BCUT2D eigenvalue weighted by molar-refractivity contribution is 8.00. The number of rotatable bonds is 25. The van der Waals surface area contributed by atoms with Crippen LogP contribution in [-0.4, -0.2) is 243 Å². The minimum atomic E-state index is -1.98. The number of urea groups is 1. The van der Waals surface area contributed by atoms with Crippen LogP contribution in [0.1, 0.15) is 49.4 Å². The lowest BCUT2D eigenvalue weighted by Crippen LogP contribution is -2.68. The molecule has 27 nitrogen and oxygen atoms in total. The molecule has 0 spiro atoms. The zero-order valence-electron chi connectivity index (χ0n) is 39.4. The molecule has 6 amide bonds. The molecule has 0 radical (unpaired) electrons. The summed E-state index contributed by atoms with van der Waals surface area (Å²) in [6.07, 6.45) is -20.8. The molecular formula is C44H68N6O21S. The Morgan fingerprint density at radius 2 is 1.39 bits per heavy atom. The van der Waals surface area contributed by atoms with E-state index in [0.29, 0.717) is 18.1 Å². The first kappa shape index (κ1) is 57.2. The topological polar surface area (TPSA) is 404 Å². The van der Waals surface area contributed by atoms with Gasteiger partial charge in [-0.15, -0.1) is 0 Å². The lowest BCUT2D eigenvalue weighted by atomic mass is 9.95. The molecule has 15 N–H and O–H groups in total. The van der Waals surface area contributed by atoms with Crippen molar-refractivity contribution in [3.8, 4) is 5.75 Å². The van der Waals surface area contributed by atoms with Crippen molar-refractivity contribution < 1.29 is 103 Å². The molecule has 0 saturated carbocycles. The van der Waals surface area contributed by atoms with Gasteiger partial charge in [0.2, 0.25) is 11.8 Å². The first-order valence-corrected chi connectivity index (χ1v) is 24.9. The van der Waals surface area contributed by atoms with Crippen molar-refractivity contribution in [1.82, 2.24) is 31.9 Å². The number of benzene rings is 1. The summed E-state index contributed by atoms with van der Waals surface area (Å²) in [5.74, 6) is -0.526. The van der Waals surface area contributed by atoms with Gasteiger partial charge in [-0.1, -0.05) is 12.5 Å². The van der Waals surface area contributed by atoms with E-state index in [1.54, 1.807) is 12.1 Å². The van der Waals surface area contributed by atoms with E-state index in [1.807, 2.05) is 11.8 Å². The minimum absolute atomic E-state index is 0.0818. The molecule has 5 heterocycles. The Labute approximate surface area is 417 Å². The monoisotopic (exact) mass is 1050 g/mol. The van der Waals surface area contributed by atoms with Gasteiger partial charge in [0, 0.05) is 49.5 Å². The molecule has 72 heavy (non-hydrogen) atoms. The third kappa shape index (κ3) is 15.0. The maximum Gasteiger partial charge on any atom is 0.315 e. The maximum absolute atomic E-state index is 13.0. The van der Waals surface area contributed by atoms with Crippen molar-refractivity contribution >= 4 is 41.4 Å². The van der Waals surface area contributed by atoms with Crippen molar-refractivity contribution in [2.75, 3.05) is 58.4 Å². The fourth-order valence-electron chi connectivity index (χ4n) is 8.85. The van der Waals surface area contributed by atoms with Gasteiger partial charge in [-0.3, -0.25) is 19.2 Å². The van der Waals surface area contributed by atoms with E-state index < -0.39 is 130 Å². The van der Waals surface area contributed by atoms with Crippen LogP contribution in [0.4, 0.5) is 4.79 Å². The van der Waals surface area contributed by atoms with E-state index in [2.05, 4.69) is 31.9 Å². The van der Waals surface area contributed by atoms with Crippen LogP contribution >= 0.6 is 11.8 Å². The van der Waals surface area contributed by atoms with Gasteiger partial charge >= 0.3 is 6.03 Å². The fraction of sp³-hybridized carbons (Fsp3) is 0.750. The fourth-order valence-corrected chi connectivity index (χ4v) is 10.4. The van der Waals surface area contributed by atoms with Crippen molar-refractivity contribution in [2.24, 2.45) is 0 Å². The van der Waals surface area contributed by atoms with Crippen LogP contribution in [0.3, 0.4) is 0 Å². The summed E-state index contributed by atoms with van der Waals surface area (Å²) in [6.45, 7) is -1.25. The van der Waals surface area contributed by atoms with Gasteiger partial charge in [-0.05, 0) is 37.5 Å². The molecule has 406 valence electrons. The summed E-state index contributed by atoms with van der Waals surface area (Å²) in [7, 11) is 0. The summed E-state index contributed by atoms with van der Waals surface area (Å²) in [6, 6.07) is 4.95. The number of aliphatic hydroxyl groups is 9. The number of hydrogen-bond acceptors (Lipinski definition) is 22. The number of carbonyl (C=O) groups is 5. The van der Waals surface area contributed by atoms with Gasteiger partial charge < -0.3 is 111 Å². The van der Waals surface area contributed by atoms with E-state index >= 15 is 0 Å². The molecule has 28 heteroatoms. The quantitative estimate of drug-likeness (QED) is 0.0320. The van der Waals surface area contributed by atoms with Crippen LogP contribution in [0.25, 0.3) is 0 Å². The zero-order chi connectivity index (χ0) is 52.1. The van der Waals surface area contributed by atoms with E-state index in [9.17, 15) is 69.9 Å². The number of aliphatic hydroxyl groups excluding tert-OH is 9. The lowest BCUT2D eigenvalue weighted by molar-refractivity contribution is -0.376. The van der Waals surface area contributed by atoms with E-state index in [4.69, 9.17) is 33.2 Å². The Balaban J connectivity index is 0.899.